The van der Waals surface area contributed by atoms with Crippen LogP contribution in [-0.4, -0.2) is 5.60 Å². The van der Waals surface area contributed by atoms with E-state index in [1.165, 1.54) is 16.7 Å². The number of nitrogens with zero attached hydrogens (tertiary/aromatic N) is 2. The minimum atomic E-state index is -0.300. The van der Waals surface area contributed by atoms with Crippen LogP contribution in [0.5, 0.6) is 5.75 Å². The molecule has 1 aliphatic rings. The highest BCUT2D eigenvalue weighted by Gasteiger charge is 2.48. The largest absolute Gasteiger partial charge is 0.487 e. The zero-order chi connectivity index (χ0) is 32.8. The number of aryl methyl sites for hydroxylation is 2. The number of fused-ring (bicyclic) bond motifs is 1. The molecule has 0 amide bonds. The number of hydrogen-bond acceptors (Lipinski definition) is 3. The van der Waals surface area contributed by atoms with Crippen LogP contribution in [0, 0.1) is 13.8 Å². The van der Waals surface area contributed by atoms with Crippen LogP contribution in [0.3, 0.4) is 0 Å². The molecule has 0 fully saturated rings. The molecular formula is C44H42N2O. The highest BCUT2D eigenvalue weighted by Crippen LogP contribution is 2.50. The Bertz CT molecular complexity index is 1930. The van der Waals surface area contributed by atoms with Crippen molar-refractivity contribution in [3.8, 4) is 16.9 Å². The van der Waals surface area contributed by atoms with Gasteiger partial charge in [0.25, 0.3) is 0 Å². The maximum atomic E-state index is 6.46. The normalized spacial score (nSPS) is 14.3. The molecule has 7 rings (SSSR count). The summed E-state index contributed by atoms with van der Waals surface area (Å²) in [4.78, 5) is 4.71. The molecule has 1 aliphatic heterocycles. The second-order valence-electron chi connectivity index (χ2n) is 13.7. The maximum Gasteiger partial charge on any atom is 0.124 e. The lowest BCUT2D eigenvalue weighted by Gasteiger charge is -2.33. The van der Waals surface area contributed by atoms with Gasteiger partial charge in [0, 0.05) is 45.1 Å². The second-order valence-corrected chi connectivity index (χ2v) is 13.7. The first-order valence-electron chi connectivity index (χ1n) is 16.4. The molecule has 0 N–H and O–H groups in total. The molecule has 0 aliphatic carbocycles. The van der Waals surface area contributed by atoms with Crippen molar-refractivity contribution in [3.05, 3.63) is 162 Å². The molecule has 3 nitrogen and oxygen atoms in total. The van der Waals surface area contributed by atoms with Crippen molar-refractivity contribution in [2.45, 2.75) is 52.6 Å². The van der Waals surface area contributed by atoms with Crippen LogP contribution in [0.2, 0.25) is 0 Å². The summed E-state index contributed by atoms with van der Waals surface area (Å²) in [7, 11) is 0. The van der Waals surface area contributed by atoms with Crippen LogP contribution in [0.15, 0.2) is 146 Å². The van der Waals surface area contributed by atoms with Crippen molar-refractivity contribution in [2.75, 3.05) is 9.80 Å². The highest BCUT2D eigenvalue weighted by atomic mass is 16.5. The number of anilines is 6. The minimum absolute atomic E-state index is 0.144. The second kappa shape index (κ2) is 11.8. The van der Waals surface area contributed by atoms with E-state index in [4.69, 9.17) is 4.74 Å². The molecule has 6 aromatic rings. The molecule has 0 aromatic heterocycles. The fourth-order valence-corrected chi connectivity index (χ4v) is 6.47. The van der Waals surface area contributed by atoms with Gasteiger partial charge < -0.3 is 14.5 Å². The van der Waals surface area contributed by atoms with Crippen LogP contribution in [0.4, 0.5) is 34.1 Å². The average molecular weight is 615 g/mol. The maximum absolute atomic E-state index is 6.46. The van der Waals surface area contributed by atoms with E-state index in [1.807, 2.05) is 0 Å². The van der Waals surface area contributed by atoms with E-state index in [-0.39, 0.29) is 11.0 Å². The van der Waals surface area contributed by atoms with Gasteiger partial charge in [-0.2, -0.15) is 0 Å². The predicted octanol–water partition coefficient (Wildman–Crippen LogP) is 12.4. The third-order valence-electron chi connectivity index (χ3n) is 9.89. The van der Waals surface area contributed by atoms with Crippen LogP contribution >= 0.6 is 0 Å². The first kappa shape index (κ1) is 30.4. The number of hydrogen-bond donors (Lipinski definition) is 0. The molecule has 47 heavy (non-hydrogen) atoms. The summed E-state index contributed by atoms with van der Waals surface area (Å²) < 4.78 is 6.46. The van der Waals surface area contributed by atoms with Crippen LogP contribution in [0.25, 0.3) is 11.1 Å². The zero-order valence-corrected chi connectivity index (χ0v) is 28.2. The van der Waals surface area contributed by atoms with Gasteiger partial charge in [0.2, 0.25) is 0 Å². The van der Waals surface area contributed by atoms with Crippen LogP contribution < -0.4 is 14.5 Å². The number of para-hydroxylation sites is 2. The lowest BCUT2D eigenvalue weighted by Crippen LogP contribution is -2.41. The van der Waals surface area contributed by atoms with Crippen LogP contribution in [-0.2, 0) is 5.41 Å². The van der Waals surface area contributed by atoms with E-state index >= 15 is 0 Å². The highest BCUT2D eigenvalue weighted by molar-refractivity contribution is 5.87. The fourth-order valence-electron chi connectivity index (χ4n) is 6.47. The Labute approximate surface area is 279 Å². The predicted molar refractivity (Wildman–Crippen MR) is 198 cm³/mol. The lowest BCUT2D eigenvalue weighted by molar-refractivity contribution is 0.0712. The molecule has 0 saturated carbocycles. The van der Waals surface area contributed by atoms with Gasteiger partial charge in [0.15, 0.2) is 0 Å². The quantitative estimate of drug-likeness (QED) is 0.178. The number of ether oxygens (including phenoxy) is 1. The van der Waals surface area contributed by atoms with E-state index in [1.54, 1.807) is 0 Å². The Hall–Kier alpha value is -5.28. The molecule has 0 unspecified atom stereocenters. The van der Waals surface area contributed by atoms with Crippen LogP contribution in [0.1, 0.15) is 44.4 Å². The molecule has 0 saturated heterocycles. The van der Waals surface area contributed by atoms with Crippen molar-refractivity contribution in [1.82, 2.24) is 0 Å². The van der Waals surface area contributed by atoms with Gasteiger partial charge in [-0.25, -0.2) is 0 Å². The van der Waals surface area contributed by atoms with Crippen molar-refractivity contribution >= 4 is 34.1 Å². The topological polar surface area (TPSA) is 15.7 Å². The fraction of sp³-hybridized carbons (Fsp3) is 0.182. The Kier molecular flexibility index (Phi) is 7.64. The SMILES string of the molecule is Cc1ccc(N(c2ccc(C)cc2)c2cc(-c3ccc4c(c3)C(C)(C)C(C)(C)O4)cc(N(c3ccccc3)c3ccccc3)c2)cc1. The number of rotatable bonds is 7. The first-order valence-corrected chi connectivity index (χ1v) is 16.4. The van der Waals surface area contributed by atoms with Gasteiger partial charge in [-0.15, -0.1) is 0 Å². The summed E-state index contributed by atoms with van der Waals surface area (Å²) in [6.45, 7) is 13.2. The summed E-state index contributed by atoms with van der Waals surface area (Å²) in [6.07, 6.45) is 0. The summed E-state index contributed by atoms with van der Waals surface area (Å²) >= 11 is 0. The van der Waals surface area contributed by atoms with E-state index in [2.05, 4.69) is 197 Å². The molecule has 0 bridgehead atoms. The van der Waals surface area contributed by atoms with Gasteiger partial charge in [-0.3, -0.25) is 0 Å². The molecule has 3 heteroatoms. The molecule has 1 heterocycles. The third kappa shape index (κ3) is 5.67. The summed E-state index contributed by atoms with van der Waals surface area (Å²) in [6, 6.07) is 52.5. The monoisotopic (exact) mass is 614 g/mol. The molecule has 0 radical (unpaired) electrons. The van der Waals surface area contributed by atoms with E-state index < -0.39 is 0 Å². The number of benzene rings is 6. The average Bonchev–Trinajstić information content (AvgIpc) is 3.26. The van der Waals surface area contributed by atoms with Gasteiger partial charge >= 0.3 is 0 Å². The molecular weight excluding hydrogens is 572 g/mol. The van der Waals surface area contributed by atoms with Gasteiger partial charge in [-0.1, -0.05) is 91.7 Å². The Morgan fingerprint density at radius 2 is 0.872 bits per heavy atom. The molecule has 234 valence electrons. The molecule has 0 spiro atoms. The standard InChI is InChI=1S/C44H42N2O/c1-31-17-22-37(23-18-31)46(38-24-19-32(2)20-25-38)40-28-34(33-21-26-42-41(29-33)43(3,4)44(5,6)47-42)27-39(30-40)45(35-13-9-7-10-14-35)36-15-11-8-12-16-36/h7-30H,1-6H3. The van der Waals surface area contributed by atoms with Gasteiger partial charge in [-0.05, 0) is 118 Å². The molecule has 0 atom stereocenters. The van der Waals surface area contributed by atoms with Gasteiger partial charge in [0.1, 0.15) is 11.4 Å². The minimum Gasteiger partial charge on any atom is -0.487 e. The van der Waals surface area contributed by atoms with Crippen molar-refractivity contribution < 1.29 is 4.74 Å². The zero-order valence-electron chi connectivity index (χ0n) is 28.2. The Morgan fingerprint density at radius 1 is 0.426 bits per heavy atom. The van der Waals surface area contributed by atoms with Crippen molar-refractivity contribution in [3.63, 3.8) is 0 Å². The van der Waals surface area contributed by atoms with E-state index in [0.717, 1.165) is 51.0 Å². The first-order chi connectivity index (χ1) is 22.6. The molecule has 6 aromatic carbocycles. The third-order valence-corrected chi connectivity index (χ3v) is 9.89. The van der Waals surface area contributed by atoms with Crippen molar-refractivity contribution in [1.29, 1.82) is 0 Å². The van der Waals surface area contributed by atoms with E-state index in [0.29, 0.717) is 0 Å². The van der Waals surface area contributed by atoms with E-state index in [9.17, 15) is 0 Å². The summed E-state index contributed by atoms with van der Waals surface area (Å²) in [5.74, 6) is 0.969. The summed E-state index contributed by atoms with van der Waals surface area (Å²) in [5, 5.41) is 0. The Balaban J connectivity index is 1.49. The smallest absolute Gasteiger partial charge is 0.124 e. The summed E-state index contributed by atoms with van der Waals surface area (Å²) in [5.41, 5.74) is 12.1. The Morgan fingerprint density at radius 3 is 1.34 bits per heavy atom. The lowest BCUT2D eigenvalue weighted by atomic mass is 9.73. The van der Waals surface area contributed by atoms with Gasteiger partial charge in [0.05, 0.1) is 0 Å². The van der Waals surface area contributed by atoms with Crippen molar-refractivity contribution in [2.24, 2.45) is 0 Å².